The zero-order valence-electron chi connectivity index (χ0n) is 19.7. The van der Waals surface area contributed by atoms with Gasteiger partial charge in [0.2, 0.25) is 11.8 Å². The van der Waals surface area contributed by atoms with Crippen LogP contribution in [0.25, 0.3) is 0 Å². The van der Waals surface area contributed by atoms with Crippen LogP contribution in [0.15, 0.2) is 42.7 Å². The molecule has 2 aromatic rings. The number of methoxy groups -OCH3 is 1. The van der Waals surface area contributed by atoms with E-state index >= 15 is 0 Å². The predicted molar refractivity (Wildman–Crippen MR) is 128 cm³/mol. The largest absolute Gasteiger partial charge is 0.493 e. The molecule has 4 aliphatic carbocycles. The fraction of sp³-hybridized carbons (Fsp3) is 0.519. The Balaban J connectivity index is 1.12. The van der Waals surface area contributed by atoms with Gasteiger partial charge in [-0.1, -0.05) is 0 Å². The summed E-state index contributed by atoms with van der Waals surface area (Å²) in [6.45, 7) is 0.723. The summed E-state index contributed by atoms with van der Waals surface area (Å²) < 4.78 is 11.3. The molecule has 0 unspecified atom stereocenters. The Hall–Kier alpha value is -3.09. The number of amides is 2. The van der Waals surface area contributed by atoms with Crippen LogP contribution in [0.3, 0.4) is 0 Å². The number of ether oxygens (including phenoxy) is 2. The maximum absolute atomic E-state index is 13.1. The van der Waals surface area contributed by atoms with Gasteiger partial charge >= 0.3 is 0 Å². The Kier molecular flexibility index (Phi) is 6.44. The van der Waals surface area contributed by atoms with Crippen molar-refractivity contribution in [3.63, 3.8) is 0 Å². The predicted octanol–water partition coefficient (Wildman–Crippen LogP) is 4.33. The molecule has 4 bridgehead atoms. The summed E-state index contributed by atoms with van der Waals surface area (Å²) in [5.41, 5.74) is 1.44. The van der Waals surface area contributed by atoms with E-state index in [2.05, 4.69) is 15.6 Å². The maximum atomic E-state index is 13.1. The summed E-state index contributed by atoms with van der Waals surface area (Å²) in [5.74, 6) is 3.34. The van der Waals surface area contributed by atoms with E-state index in [-0.39, 0.29) is 23.7 Å². The number of hydrogen-bond acceptors (Lipinski definition) is 5. The summed E-state index contributed by atoms with van der Waals surface area (Å²) in [6, 6.07) is 9.08. The summed E-state index contributed by atoms with van der Waals surface area (Å²) in [6.07, 6.45) is 10.7. The van der Waals surface area contributed by atoms with E-state index in [0.717, 1.165) is 42.6 Å². The minimum atomic E-state index is -0.178. The number of nitrogens with zero attached hydrogens (tertiary/aromatic N) is 1. The quantitative estimate of drug-likeness (QED) is 0.578. The zero-order valence-corrected chi connectivity index (χ0v) is 19.7. The highest BCUT2D eigenvalue weighted by Crippen LogP contribution is 2.60. The van der Waals surface area contributed by atoms with E-state index < -0.39 is 0 Å². The molecule has 2 amide bonds. The average Bonchev–Trinajstić information content (AvgIpc) is 2.82. The minimum absolute atomic E-state index is 0.143. The molecule has 1 heterocycles. The number of rotatable bonds is 9. The summed E-state index contributed by atoms with van der Waals surface area (Å²) in [4.78, 5) is 29.6. The Labute approximate surface area is 200 Å². The van der Waals surface area contributed by atoms with Gasteiger partial charge in [0, 0.05) is 42.5 Å². The molecule has 4 fully saturated rings. The van der Waals surface area contributed by atoms with E-state index in [0.29, 0.717) is 30.3 Å². The molecule has 7 heteroatoms. The normalized spacial score (nSPS) is 26.7. The fourth-order valence-corrected chi connectivity index (χ4v) is 6.60. The lowest BCUT2D eigenvalue weighted by Crippen LogP contribution is -2.53. The lowest BCUT2D eigenvalue weighted by molar-refractivity contribution is -0.146. The van der Waals surface area contributed by atoms with Crippen molar-refractivity contribution >= 4 is 17.5 Å². The van der Waals surface area contributed by atoms with Crippen LogP contribution in [0.5, 0.6) is 11.5 Å². The van der Waals surface area contributed by atoms with Gasteiger partial charge in [-0.3, -0.25) is 14.6 Å². The number of nitrogens with one attached hydrogen (secondary N) is 2. The minimum Gasteiger partial charge on any atom is -0.493 e. The molecular formula is C27H33N3O4. The van der Waals surface area contributed by atoms with Crippen LogP contribution < -0.4 is 20.1 Å². The number of hydrogen-bond donors (Lipinski definition) is 2. The highest BCUT2D eigenvalue weighted by molar-refractivity contribution is 5.91. The molecular weight excluding hydrogens is 430 g/mol. The van der Waals surface area contributed by atoms with E-state index in [1.807, 2.05) is 12.1 Å². The number of pyridine rings is 1. The number of aromatic nitrogens is 1. The molecule has 0 atom stereocenters. The van der Waals surface area contributed by atoms with Crippen molar-refractivity contribution in [2.24, 2.45) is 23.2 Å². The molecule has 6 rings (SSSR count). The van der Waals surface area contributed by atoms with Crippen LogP contribution in [-0.4, -0.2) is 30.5 Å². The third-order valence-electron chi connectivity index (χ3n) is 7.75. The van der Waals surface area contributed by atoms with Gasteiger partial charge in [0.25, 0.3) is 0 Å². The maximum Gasteiger partial charge on any atom is 0.226 e. The van der Waals surface area contributed by atoms with Crippen LogP contribution >= 0.6 is 0 Å². The van der Waals surface area contributed by atoms with Crippen molar-refractivity contribution < 1.29 is 19.1 Å². The van der Waals surface area contributed by atoms with Crippen molar-refractivity contribution in [3.05, 3.63) is 48.3 Å². The highest BCUT2D eigenvalue weighted by Gasteiger charge is 2.54. The SMILES string of the molecule is COc1ccc(NC(=O)CCNC(=O)C23CC4CC(CC(C4)C2)C3)cc1OCc1ccncc1. The van der Waals surface area contributed by atoms with Gasteiger partial charge in [0.05, 0.1) is 7.11 Å². The summed E-state index contributed by atoms with van der Waals surface area (Å²) in [5, 5.41) is 5.98. The van der Waals surface area contributed by atoms with E-state index in [1.54, 1.807) is 37.7 Å². The smallest absolute Gasteiger partial charge is 0.226 e. The van der Waals surface area contributed by atoms with E-state index in [1.165, 1.54) is 19.3 Å². The van der Waals surface area contributed by atoms with Gasteiger partial charge in [-0.25, -0.2) is 0 Å². The second-order valence-electron chi connectivity index (χ2n) is 10.3. The Morgan fingerprint density at radius 2 is 1.68 bits per heavy atom. The van der Waals surface area contributed by atoms with Gasteiger partial charge in [0.1, 0.15) is 6.61 Å². The molecule has 0 radical (unpaired) electrons. The molecule has 0 aliphatic heterocycles. The molecule has 0 saturated heterocycles. The van der Waals surface area contributed by atoms with Crippen LogP contribution in [0.2, 0.25) is 0 Å². The Bertz CT molecular complexity index is 1000. The van der Waals surface area contributed by atoms with Gasteiger partial charge in [-0.15, -0.1) is 0 Å². The van der Waals surface area contributed by atoms with Crippen molar-refractivity contribution in [1.82, 2.24) is 10.3 Å². The number of carbonyl (C=O) groups excluding carboxylic acids is 2. The van der Waals surface area contributed by atoms with E-state index in [4.69, 9.17) is 9.47 Å². The molecule has 7 nitrogen and oxygen atoms in total. The first-order valence-electron chi connectivity index (χ1n) is 12.3. The number of benzene rings is 1. The molecule has 4 aliphatic rings. The Morgan fingerprint density at radius 1 is 1.00 bits per heavy atom. The molecule has 34 heavy (non-hydrogen) atoms. The first kappa shape index (κ1) is 22.7. The highest BCUT2D eigenvalue weighted by atomic mass is 16.5. The van der Waals surface area contributed by atoms with Crippen molar-refractivity contribution in [2.75, 3.05) is 19.0 Å². The molecule has 0 spiro atoms. The van der Waals surface area contributed by atoms with Crippen molar-refractivity contribution in [1.29, 1.82) is 0 Å². The van der Waals surface area contributed by atoms with Gasteiger partial charge < -0.3 is 20.1 Å². The van der Waals surface area contributed by atoms with E-state index in [9.17, 15) is 9.59 Å². The van der Waals surface area contributed by atoms with Crippen molar-refractivity contribution in [3.8, 4) is 11.5 Å². The molecule has 180 valence electrons. The standard InChI is InChI=1S/C27H33N3O4/c1-33-23-3-2-22(13-24(23)34-17-18-4-7-28-8-5-18)30-25(31)6-9-29-26(32)27-14-19-10-20(15-27)12-21(11-19)16-27/h2-5,7-8,13,19-21H,6,9-12,14-17H2,1H3,(H,29,32)(H,30,31). The zero-order chi connectivity index (χ0) is 23.5. The van der Waals surface area contributed by atoms with Gasteiger partial charge in [-0.05, 0) is 86.1 Å². The van der Waals surface area contributed by atoms with Crippen LogP contribution in [0, 0.1) is 23.2 Å². The van der Waals surface area contributed by atoms with Crippen LogP contribution in [0.1, 0.15) is 50.5 Å². The molecule has 2 N–H and O–H groups in total. The molecule has 1 aromatic carbocycles. The van der Waals surface area contributed by atoms with Gasteiger partial charge in [0.15, 0.2) is 11.5 Å². The number of anilines is 1. The second-order valence-corrected chi connectivity index (χ2v) is 10.3. The topological polar surface area (TPSA) is 89.6 Å². The molecule has 1 aromatic heterocycles. The number of carbonyl (C=O) groups is 2. The van der Waals surface area contributed by atoms with Crippen LogP contribution in [-0.2, 0) is 16.2 Å². The fourth-order valence-electron chi connectivity index (χ4n) is 6.60. The second kappa shape index (κ2) is 9.65. The summed E-state index contributed by atoms with van der Waals surface area (Å²) >= 11 is 0. The first-order valence-corrected chi connectivity index (χ1v) is 12.3. The Morgan fingerprint density at radius 3 is 2.32 bits per heavy atom. The third-order valence-corrected chi connectivity index (χ3v) is 7.75. The lowest BCUT2D eigenvalue weighted by atomic mass is 9.49. The van der Waals surface area contributed by atoms with Gasteiger partial charge in [-0.2, -0.15) is 0 Å². The van der Waals surface area contributed by atoms with Crippen molar-refractivity contribution in [2.45, 2.75) is 51.6 Å². The lowest BCUT2D eigenvalue weighted by Gasteiger charge is -2.55. The molecule has 4 saturated carbocycles. The average molecular weight is 464 g/mol. The monoisotopic (exact) mass is 463 g/mol. The third kappa shape index (κ3) is 4.88. The summed E-state index contributed by atoms with van der Waals surface area (Å²) in [7, 11) is 1.58. The van der Waals surface area contributed by atoms with Crippen LogP contribution in [0.4, 0.5) is 5.69 Å². The first-order chi connectivity index (χ1) is 16.5.